The van der Waals surface area contributed by atoms with Crippen molar-refractivity contribution >= 4 is 5.78 Å². The number of nitrogens with one attached hydrogen (secondary N) is 1. The maximum Gasteiger partial charge on any atom is 0.282 e. The van der Waals surface area contributed by atoms with Gasteiger partial charge in [0.25, 0.3) is 5.56 Å². The number of Topliss-reactive ketones (excluding diaryl/α,β-unsaturated/α-hetero) is 1. The van der Waals surface area contributed by atoms with Crippen molar-refractivity contribution < 1.29 is 38.0 Å². The Bertz CT molecular complexity index is 1490. The third-order valence-electron chi connectivity index (χ3n) is 6.71. The van der Waals surface area contributed by atoms with E-state index in [0.29, 0.717) is 74.0 Å². The number of ether oxygens (including phenoxy) is 7. The zero-order chi connectivity index (χ0) is 30.6. The van der Waals surface area contributed by atoms with Crippen molar-refractivity contribution in [2.24, 2.45) is 0 Å². The van der Waals surface area contributed by atoms with Gasteiger partial charge in [-0.05, 0) is 43.3 Å². The van der Waals surface area contributed by atoms with E-state index >= 15 is 0 Å². The molecule has 0 spiro atoms. The lowest BCUT2D eigenvalue weighted by Gasteiger charge is -2.21. The van der Waals surface area contributed by atoms with Gasteiger partial charge >= 0.3 is 0 Å². The summed E-state index contributed by atoms with van der Waals surface area (Å²) in [5.74, 6) is 1.64. The molecule has 0 amide bonds. The number of rotatable bonds is 5. The number of ketones is 1. The Morgan fingerprint density at radius 1 is 0.727 bits per heavy atom. The van der Waals surface area contributed by atoms with E-state index < -0.39 is 17.4 Å². The molecule has 1 aliphatic heterocycles. The van der Waals surface area contributed by atoms with E-state index in [4.69, 9.17) is 33.2 Å². The number of nitrogens with zero attached hydrogens (tertiary/aromatic N) is 1. The van der Waals surface area contributed by atoms with Crippen LogP contribution in [0.2, 0.25) is 0 Å². The van der Waals surface area contributed by atoms with Gasteiger partial charge in [-0.25, -0.2) is 4.68 Å². The Kier molecular flexibility index (Phi) is 11.1. The van der Waals surface area contributed by atoms with Crippen LogP contribution in [-0.4, -0.2) is 81.1 Å². The van der Waals surface area contributed by atoms with Crippen molar-refractivity contribution in [2.45, 2.75) is 13.0 Å². The first kappa shape index (κ1) is 30.9. The minimum atomic E-state index is -0.690. The summed E-state index contributed by atoms with van der Waals surface area (Å²) in [7, 11) is 0. The smallest absolute Gasteiger partial charge is 0.282 e. The number of hydrogen-bond donors (Lipinski definition) is 1. The van der Waals surface area contributed by atoms with Crippen molar-refractivity contribution in [1.29, 1.82) is 0 Å². The number of aromatic amines is 1. The second-order valence-corrected chi connectivity index (χ2v) is 9.88. The summed E-state index contributed by atoms with van der Waals surface area (Å²) in [4.78, 5) is 26.4. The molecule has 0 unspecified atom stereocenters. The van der Waals surface area contributed by atoms with E-state index in [0.717, 1.165) is 0 Å². The Hall–Kier alpha value is -4.58. The first-order valence-electron chi connectivity index (χ1n) is 14.5. The molecule has 0 saturated carbocycles. The second kappa shape index (κ2) is 15.8. The highest BCUT2D eigenvalue weighted by molar-refractivity contribution is 5.97. The molecule has 0 bridgehead atoms. The van der Waals surface area contributed by atoms with Crippen LogP contribution in [0.3, 0.4) is 0 Å². The minimum absolute atomic E-state index is 0.0359. The monoisotopic (exact) mass is 604 g/mol. The fourth-order valence-electron chi connectivity index (χ4n) is 4.53. The molecule has 0 saturated heterocycles. The number of aryl methyl sites for hydroxylation is 1. The molecule has 11 nitrogen and oxygen atoms in total. The normalized spacial score (nSPS) is 15.5. The fourth-order valence-corrected chi connectivity index (χ4v) is 4.53. The molecule has 232 valence electrons. The highest BCUT2D eigenvalue weighted by atomic mass is 16.6. The lowest BCUT2D eigenvalue weighted by atomic mass is 10.2. The molecule has 44 heavy (non-hydrogen) atoms. The van der Waals surface area contributed by atoms with Gasteiger partial charge in [0.2, 0.25) is 0 Å². The van der Waals surface area contributed by atoms with E-state index in [-0.39, 0.29) is 25.4 Å². The summed E-state index contributed by atoms with van der Waals surface area (Å²) in [6.07, 6.45) is -0.690. The maximum atomic E-state index is 13.3. The largest absolute Gasteiger partial charge is 0.487 e. The van der Waals surface area contributed by atoms with Gasteiger partial charge in [0, 0.05) is 5.69 Å². The van der Waals surface area contributed by atoms with Gasteiger partial charge < -0.3 is 33.2 Å². The lowest BCUT2D eigenvalue weighted by molar-refractivity contribution is -0.00309. The molecule has 0 fully saturated rings. The second-order valence-electron chi connectivity index (χ2n) is 9.88. The topological polar surface area (TPSA) is 119 Å². The van der Waals surface area contributed by atoms with Crippen molar-refractivity contribution in [1.82, 2.24) is 9.78 Å². The van der Waals surface area contributed by atoms with Crippen LogP contribution < -0.4 is 24.5 Å². The quantitative estimate of drug-likeness (QED) is 0.337. The SMILES string of the molecule is Cc1[nH]n(-c2ccccc2)c(=O)c1C(=O)COC1COc2ccccc2OCCOCCOCCOc2ccccc2OC1. The van der Waals surface area contributed by atoms with Crippen LogP contribution in [0.5, 0.6) is 23.0 Å². The van der Waals surface area contributed by atoms with Crippen molar-refractivity contribution in [3.63, 3.8) is 0 Å². The van der Waals surface area contributed by atoms with Crippen LogP contribution in [0.25, 0.3) is 5.69 Å². The molecule has 0 aliphatic carbocycles. The Labute approximate surface area is 255 Å². The van der Waals surface area contributed by atoms with Crippen LogP contribution in [0, 0.1) is 6.92 Å². The first-order valence-corrected chi connectivity index (χ1v) is 14.5. The summed E-state index contributed by atoms with van der Waals surface area (Å²) in [6, 6.07) is 23.6. The van der Waals surface area contributed by atoms with Crippen molar-refractivity contribution in [2.75, 3.05) is 59.5 Å². The number of carbonyl (C=O) groups is 1. The first-order chi connectivity index (χ1) is 21.6. The molecule has 0 atom stereocenters. The zero-order valence-corrected chi connectivity index (χ0v) is 24.6. The van der Waals surface area contributed by atoms with Gasteiger partial charge in [-0.1, -0.05) is 42.5 Å². The van der Waals surface area contributed by atoms with E-state index in [9.17, 15) is 9.59 Å². The number of carbonyl (C=O) groups excluding carboxylic acids is 1. The van der Waals surface area contributed by atoms with Crippen LogP contribution in [0.1, 0.15) is 16.1 Å². The van der Waals surface area contributed by atoms with Crippen molar-refractivity contribution in [3.05, 3.63) is 100 Å². The van der Waals surface area contributed by atoms with Gasteiger partial charge in [-0.15, -0.1) is 0 Å². The van der Waals surface area contributed by atoms with Gasteiger partial charge in [-0.3, -0.25) is 14.7 Å². The van der Waals surface area contributed by atoms with Gasteiger partial charge in [0.1, 0.15) is 44.7 Å². The molecular formula is C33H36N2O9. The number of hydrogen-bond acceptors (Lipinski definition) is 9. The maximum absolute atomic E-state index is 13.3. The fraction of sp³-hybridized carbons (Fsp3) is 0.333. The predicted octanol–water partition coefficient (Wildman–Crippen LogP) is 4.00. The highest BCUT2D eigenvalue weighted by Crippen LogP contribution is 2.28. The molecule has 1 N–H and O–H groups in total. The van der Waals surface area contributed by atoms with Crippen LogP contribution >= 0.6 is 0 Å². The molecule has 5 rings (SSSR count). The number of H-pyrrole nitrogens is 1. The van der Waals surface area contributed by atoms with Crippen LogP contribution in [0.15, 0.2) is 83.7 Å². The standard InChI is InChI=1S/C33H36N2O9/c1-24-32(33(37)35(34-24)25-9-3-2-4-10-25)27(36)23-42-26-21-43-30-13-7-5-11-28(30)40-19-17-38-15-16-39-18-20-41-29-12-6-8-14-31(29)44-22-26/h2-14,26,34H,15-23H2,1H3. The number of fused-ring (bicyclic) bond motifs is 2. The van der Waals surface area contributed by atoms with E-state index in [1.54, 1.807) is 43.3 Å². The van der Waals surface area contributed by atoms with Crippen LogP contribution in [0.4, 0.5) is 0 Å². The third-order valence-corrected chi connectivity index (χ3v) is 6.71. The number of aromatic nitrogens is 2. The molecule has 11 heteroatoms. The Balaban J connectivity index is 1.32. The average molecular weight is 605 g/mol. The van der Waals surface area contributed by atoms with Crippen molar-refractivity contribution in [3.8, 4) is 28.7 Å². The molecule has 1 aromatic heterocycles. The zero-order valence-electron chi connectivity index (χ0n) is 24.6. The summed E-state index contributed by atoms with van der Waals surface area (Å²) >= 11 is 0. The lowest BCUT2D eigenvalue weighted by Crippen LogP contribution is -2.32. The van der Waals surface area contributed by atoms with Gasteiger partial charge in [-0.2, -0.15) is 0 Å². The van der Waals surface area contributed by atoms with Gasteiger partial charge in [0.15, 0.2) is 28.8 Å². The highest BCUT2D eigenvalue weighted by Gasteiger charge is 2.22. The predicted molar refractivity (Wildman–Crippen MR) is 162 cm³/mol. The summed E-state index contributed by atoms with van der Waals surface area (Å²) < 4.78 is 42.5. The summed E-state index contributed by atoms with van der Waals surface area (Å²) in [6.45, 7) is 3.69. The van der Waals surface area contributed by atoms with Crippen LogP contribution in [-0.2, 0) is 14.2 Å². The Morgan fingerprint density at radius 3 is 1.75 bits per heavy atom. The summed E-state index contributed by atoms with van der Waals surface area (Å²) in [5.41, 5.74) is 0.668. The molecule has 0 radical (unpaired) electrons. The van der Waals surface area contributed by atoms with E-state index in [1.807, 2.05) is 42.5 Å². The number of para-hydroxylation sites is 5. The summed E-state index contributed by atoms with van der Waals surface area (Å²) in [5, 5.41) is 2.98. The molecule has 4 aromatic rings. The average Bonchev–Trinajstić information content (AvgIpc) is 3.35. The Morgan fingerprint density at radius 2 is 1.20 bits per heavy atom. The molecular weight excluding hydrogens is 568 g/mol. The minimum Gasteiger partial charge on any atom is -0.487 e. The van der Waals surface area contributed by atoms with Gasteiger partial charge in [0.05, 0.1) is 32.1 Å². The van der Waals surface area contributed by atoms with E-state index in [1.165, 1.54) is 4.68 Å². The third kappa shape index (κ3) is 8.28. The molecule has 2 heterocycles. The van der Waals surface area contributed by atoms with E-state index in [2.05, 4.69) is 5.10 Å². The molecule has 1 aliphatic rings. The number of benzene rings is 3. The molecule has 3 aromatic carbocycles.